The molecule has 6 atom stereocenters. The van der Waals surface area contributed by atoms with Crippen LogP contribution in [-0.4, -0.2) is 34.5 Å². The number of hydrogen-bond donors (Lipinski definition) is 2. The Morgan fingerprint density at radius 2 is 1.58 bits per heavy atom. The van der Waals surface area contributed by atoms with Gasteiger partial charge in [0.2, 0.25) is 0 Å². The molecule has 1 aliphatic heterocycles. The first kappa shape index (κ1) is 12.6. The monoisotopic (exact) mass is 262 g/mol. The lowest BCUT2D eigenvalue weighted by Crippen LogP contribution is -2.29. The van der Waals surface area contributed by atoms with Gasteiger partial charge in [0.15, 0.2) is 0 Å². The molecule has 0 bridgehead atoms. The Hall–Kier alpha value is -1.39. The van der Waals surface area contributed by atoms with E-state index in [9.17, 15) is 15.0 Å². The summed E-state index contributed by atoms with van der Waals surface area (Å²) < 4.78 is 5.42. The highest BCUT2D eigenvalue weighted by molar-refractivity contribution is 5.91. The van der Waals surface area contributed by atoms with Gasteiger partial charge in [0, 0.05) is 17.4 Å². The van der Waals surface area contributed by atoms with E-state index in [1.54, 1.807) is 0 Å². The van der Waals surface area contributed by atoms with Gasteiger partial charge < -0.3 is 14.9 Å². The molecule has 102 valence electrons. The van der Waals surface area contributed by atoms with Gasteiger partial charge in [-0.2, -0.15) is 0 Å². The maximum absolute atomic E-state index is 11.7. The Labute approximate surface area is 112 Å². The number of fused-ring (bicyclic) bond motifs is 3. The molecule has 4 heteroatoms. The van der Waals surface area contributed by atoms with E-state index in [2.05, 4.69) is 19.7 Å². The zero-order valence-corrected chi connectivity index (χ0v) is 10.7. The Kier molecular flexibility index (Phi) is 2.69. The normalized spacial score (nSPS) is 45.8. The summed E-state index contributed by atoms with van der Waals surface area (Å²) in [5.41, 5.74) is 1.80. The maximum atomic E-state index is 11.7. The molecule has 0 unspecified atom stereocenters. The molecule has 1 saturated heterocycles. The Balaban J connectivity index is 2.05. The standard InChI is InChI=1S/C15H18O4/c1-6-9-4-12(17)8(3)13(9)14-10(5-11(6)16)7(2)15(18)19-14/h9-14,16-17H,1-5H2/t9-,10-,11+,12+,13-,14-/m0/s1. The van der Waals surface area contributed by atoms with Crippen molar-refractivity contribution in [3.05, 3.63) is 36.5 Å². The second kappa shape index (κ2) is 4.05. The number of aliphatic hydroxyl groups excluding tert-OH is 2. The van der Waals surface area contributed by atoms with E-state index >= 15 is 0 Å². The summed E-state index contributed by atoms with van der Waals surface area (Å²) in [4.78, 5) is 11.7. The molecule has 2 N–H and O–H groups in total. The lowest BCUT2D eigenvalue weighted by molar-refractivity contribution is -0.141. The van der Waals surface area contributed by atoms with E-state index in [0.717, 1.165) is 0 Å². The van der Waals surface area contributed by atoms with Crippen molar-refractivity contribution in [3.63, 3.8) is 0 Å². The molecule has 0 spiro atoms. The van der Waals surface area contributed by atoms with Crippen LogP contribution in [0.2, 0.25) is 0 Å². The van der Waals surface area contributed by atoms with Gasteiger partial charge in [-0.3, -0.25) is 0 Å². The Bertz CT molecular complexity index is 492. The highest BCUT2D eigenvalue weighted by Gasteiger charge is 2.54. The van der Waals surface area contributed by atoms with Gasteiger partial charge in [0.1, 0.15) is 6.10 Å². The first-order valence-electron chi connectivity index (χ1n) is 6.55. The predicted octanol–water partition coefficient (Wildman–Crippen LogP) is 0.958. The molecule has 3 rings (SSSR count). The average molecular weight is 262 g/mol. The molecule has 4 nitrogen and oxygen atoms in total. The van der Waals surface area contributed by atoms with Crippen LogP contribution >= 0.6 is 0 Å². The van der Waals surface area contributed by atoms with Crippen LogP contribution in [-0.2, 0) is 9.53 Å². The SMILES string of the molecule is C=C1[C@@H]2[C@H]3OC(=O)C(=C)[C@@H]3C[C@@H](O)C(=C)[C@@H]2C[C@H]1O. The third-order valence-corrected chi connectivity index (χ3v) is 4.85. The maximum Gasteiger partial charge on any atom is 0.334 e. The molecule has 19 heavy (non-hydrogen) atoms. The van der Waals surface area contributed by atoms with E-state index < -0.39 is 18.2 Å². The Morgan fingerprint density at radius 1 is 1.00 bits per heavy atom. The summed E-state index contributed by atoms with van der Waals surface area (Å²) in [6.45, 7) is 11.7. The smallest absolute Gasteiger partial charge is 0.334 e. The molecule has 1 heterocycles. The first-order chi connectivity index (χ1) is 8.91. The zero-order valence-electron chi connectivity index (χ0n) is 10.7. The number of ether oxygens (including phenoxy) is 1. The molecule has 2 aliphatic carbocycles. The van der Waals surface area contributed by atoms with Crippen molar-refractivity contribution in [2.45, 2.75) is 31.2 Å². The molecule has 0 radical (unpaired) electrons. The molecule has 3 aliphatic rings. The van der Waals surface area contributed by atoms with Gasteiger partial charge >= 0.3 is 5.97 Å². The molecular formula is C15H18O4. The minimum Gasteiger partial charge on any atom is -0.458 e. The second-order valence-electron chi connectivity index (χ2n) is 5.79. The number of hydrogen-bond acceptors (Lipinski definition) is 4. The minimum absolute atomic E-state index is 0.0776. The summed E-state index contributed by atoms with van der Waals surface area (Å²) in [5.74, 6) is -0.849. The van der Waals surface area contributed by atoms with Crippen molar-refractivity contribution < 1.29 is 19.7 Å². The van der Waals surface area contributed by atoms with E-state index in [-0.39, 0.29) is 23.9 Å². The number of aliphatic hydroxyl groups is 2. The fraction of sp³-hybridized carbons (Fsp3) is 0.533. The van der Waals surface area contributed by atoms with Crippen LogP contribution in [0, 0.1) is 17.8 Å². The number of carbonyl (C=O) groups excluding carboxylic acids is 1. The summed E-state index contributed by atoms with van der Waals surface area (Å²) >= 11 is 0. The summed E-state index contributed by atoms with van der Waals surface area (Å²) in [5, 5.41) is 20.2. The van der Waals surface area contributed by atoms with Gasteiger partial charge in [0.25, 0.3) is 0 Å². The summed E-state index contributed by atoms with van der Waals surface area (Å²) in [6, 6.07) is 0. The molecule has 0 aromatic rings. The van der Waals surface area contributed by atoms with Crippen LogP contribution in [0.3, 0.4) is 0 Å². The van der Waals surface area contributed by atoms with E-state index in [4.69, 9.17) is 4.74 Å². The molecular weight excluding hydrogens is 244 g/mol. The topological polar surface area (TPSA) is 66.8 Å². The quantitative estimate of drug-likeness (QED) is 0.387. The average Bonchev–Trinajstić information content (AvgIpc) is 2.77. The van der Waals surface area contributed by atoms with Crippen LogP contribution in [0.25, 0.3) is 0 Å². The fourth-order valence-corrected chi connectivity index (χ4v) is 3.71. The van der Waals surface area contributed by atoms with Crippen molar-refractivity contribution in [1.29, 1.82) is 0 Å². The second-order valence-corrected chi connectivity index (χ2v) is 5.79. The van der Waals surface area contributed by atoms with Crippen molar-refractivity contribution in [2.75, 3.05) is 0 Å². The lowest BCUT2D eigenvalue weighted by Gasteiger charge is -2.25. The third kappa shape index (κ3) is 1.63. The third-order valence-electron chi connectivity index (χ3n) is 4.85. The lowest BCUT2D eigenvalue weighted by atomic mass is 9.82. The summed E-state index contributed by atoms with van der Waals surface area (Å²) in [7, 11) is 0. The fourth-order valence-electron chi connectivity index (χ4n) is 3.71. The largest absolute Gasteiger partial charge is 0.458 e. The van der Waals surface area contributed by atoms with E-state index in [1.807, 2.05) is 0 Å². The molecule has 2 saturated carbocycles. The zero-order chi connectivity index (χ0) is 13.9. The highest BCUT2D eigenvalue weighted by Crippen LogP contribution is 2.51. The number of carbonyl (C=O) groups is 1. The first-order valence-corrected chi connectivity index (χ1v) is 6.55. The number of rotatable bonds is 0. The Morgan fingerprint density at radius 3 is 2.26 bits per heavy atom. The van der Waals surface area contributed by atoms with Crippen molar-refractivity contribution >= 4 is 5.97 Å². The minimum atomic E-state index is -0.688. The molecule has 0 amide bonds. The van der Waals surface area contributed by atoms with Crippen LogP contribution in [0.4, 0.5) is 0 Å². The van der Waals surface area contributed by atoms with Gasteiger partial charge in [-0.1, -0.05) is 19.7 Å². The van der Waals surface area contributed by atoms with E-state index in [0.29, 0.717) is 29.6 Å². The van der Waals surface area contributed by atoms with Crippen LogP contribution in [0.1, 0.15) is 12.8 Å². The van der Waals surface area contributed by atoms with E-state index in [1.165, 1.54) is 0 Å². The van der Waals surface area contributed by atoms with Crippen molar-refractivity contribution in [1.82, 2.24) is 0 Å². The van der Waals surface area contributed by atoms with Crippen LogP contribution < -0.4 is 0 Å². The molecule has 0 aromatic carbocycles. The van der Waals surface area contributed by atoms with Crippen molar-refractivity contribution in [3.8, 4) is 0 Å². The van der Waals surface area contributed by atoms with Crippen molar-refractivity contribution in [2.24, 2.45) is 17.8 Å². The van der Waals surface area contributed by atoms with Crippen LogP contribution in [0.15, 0.2) is 36.5 Å². The van der Waals surface area contributed by atoms with Gasteiger partial charge in [-0.15, -0.1) is 0 Å². The predicted molar refractivity (Wildman–Crippen MR) is 69.0 cm³/mol. The van der Waals surface area contributed by atoms with Gasteiger partial charge in [-0.05, 0) is 29.9 Å². The molecule has 3 fully saturated rings. The summed E-state index contributed by atoms with van der Waals surface area (Å²) in [6.07, 6.45) is -0.780. The number of esters is 1. The van der Waals surface area contributed by atoms with Crippen LogP contribution in [0.5, 0.6) is 0 Å². The highest BCUT2D eigenvalue weighted by atomic mass is 16.6. The van der Waals surface area contributed by atoms with Gasteiger partial charge in [-0.25, -0.2) is 4.79 Å². The molecule has 0 aromatic heterocycles. The van der Waals surface area contributed by atoms with Gasteiger partial charge in [0.05, 0.1) is 12.2 Å².